The third-order valence-corrected chi connectivity index (χ3v) is 1.76. The van der Waals surface area contributed by atoms with Crippen LogP contribution in [0, 0.1) is 11.3 Å². The van der Waals surface area contributed by atoms with Crippen LogP contribution in [0.4, 0.5) is 8.78 Å². The first-order valence-electron chi connectivity index (χ1n) is 3.74. The zero-order chi connectivity index (χ0) is 10.7. The Hall–Kier alpha value is -1.74. The smallest absolute Gasteiger partial charge is 0.269 e. The Bertz CT molecular complexity index is 433. The molecule has 0 radical (unpaired) electrons. The van der Waals surface area contributed by atoms with Crippen LogP contribution in [0.2, 0.25) is 0 Å². The van der Waals surface area contributed by atoms with Gasteiger partial charge in [-0.15, -0.1) is 0 Å². The lowest BCUT2D eigenvalue weighted by atomic mass is 10.1. The Morgan fingerprint density at radius 2 is 2.29 bits per heavy atom. The fraction of sp³-hybridized carbons (Fsp3) is 0.250. The first-order valence-corrected chi connectivity index (χ1v) is 3.74. The highest BCUT2D eigenvalue weighted by Gasteiger charge is 2.16. The number of pyridine rings is 1. The predicted molar refractivity (Wildman–Crippen MR) is 44.6 cm³/mol. The zero-order valence-corrected chi connectivity index (χ0v) is 7.05. The van der Waals surface area contributed by atoms with E-state index in [1.165, 1.54) is 0 Å². The number of H-pyrrole nitrogens is 1. The van der Waals surface area contributed by atoms with Gasteiger partial charge in [0.15, 0.2) is 5.43 Å². The summed E-state index contributed by atoms with van der Waals surface area (Å²) in [6.45, 7) is -0.237. The van der Waals surface area contributed by atoms with E-state index in [0.717, 1.165) is 6.20 Å². The van der Waals surface area contributed by atoms with E-state index < -0.39 is 17.4 Å². The van der Waals surface area contributed by atoms with Crippen molar-refractivity contribution in [2.45, 2.75) is 13.0 Å². The number of aromatic amines is 1. The number of halogens is 2. The van der Waals surface area contributed by atoms with E-state index in [1.807, 2.05) is 0 Å². The highest BCUT2D eigenvalue weighted by Crippen LogP contribution is 2.14. The average Bonchev–Trinajstić information content (AvgIpc) is 2.16. The van der Waals surface area contributed by atoms with Crippen LogP contribution < -0.4 is 11.2 Å². The summed E-state index contributed by atoms with van der Waals surface area (Å²) in [5, 5.41) is 8.54. The van der Waals surface area contributed by atoms with E-state index in [4.69, 9.17) is 11.0 Å². The lowest BCUT2D eigenvalue weighted by molar-refractivity contribution is 0.149. The van der Waals surface area contributed by atoms with Crippen LogP contribution in [0.5, 0.6) is 0 Å². The number of nitrogens with zero attached hydrogens (tertiary/aromatic N) is 1. The fourth-order valence-corrected chi connectivity index (χ4v) is 1.05. The quantitative estimate of drug-likeness (QED) is 0.733. The second-order valence-electron chi connectivity index (χ2n) is 2.54. The van der Waals surface area contributed by atoms with Crippen LogP contribution in [0.25, 0.3) is 0 Å². The summed E-state index contributed by atoms with van der Waals surface area (Å²) in [5.41, 5.74) is 3.48. The molecule has 0 aliphatic carbocycles. The largest absolute Gasteiger partial charge is 0.352 e. The molecule has 14 heavy (non-hydrogen) atoms. The summed E-state index contributed by atoms with van der Waals surface area (Å²) in [5.74, 6) is 0. The maximum Gasteiger partial charge on any atom is 0.269 e. The third-order valence-electron chi connectivity index (χ3n) is 1.76. The number of nitrogens with one attached hydrogen (secondary N) is 1. The summed E-state index contributed by atoms with van der Waals surface area (Å²) in [7, 11) is 0. The normalized spacial score (nSPS) is 10.2. The fourth-order valence-electron chi connectivity index (χ4n) is 1.05. The molecule has 0 spiro atoms. The number of hydrogen-bond acceptors (Lipinski definition) is 3. The van der Waals surface area contributed by atoms with Gasteiger partial charge in [-0.1, -0.05) is 0 Å². The Balaban J connectivity index is 3.45. The van der Waals surface area contributed by atoms with Crippen molar-refractivity contribution in [1.29, 1.82) is 5.26 Å². The van der Waals surface area contributed by atoms with Gasteiger partial charge in [0, 0.05) is 18.3 Å². The minimum absolute atomic E-state index is 0.0677. The van der Waals surface area contributed by atoms with Crippen LogP contribution >= 0.6 is 0 Å². The van der Waals surface area contributed by atoms with Crippen molar-refractivity contribution in [2.75, 3.05) is 0 Å². The minimum Gasteiger partial charge on any atom is -0.352 e. The van der Waals surface area contributed by atoms with Crippen molar-refractivity contribution in [3.63, 3.8) is 0 Å². The molecule has 1 aromatic rings. The second-order valence-corrected chi connectivity index (χ2v) is 2.54. The highest BCUT2D eigenvalue weighted by atomic mass is 19.3. The van der Waals surface area contributed by atoms with Gasteiger partial charge in [-0.25, -0.2) is 8.78 Å². The van der Waals surface area contributed by atoms with Gasteiger partial charge in [-0.05, 0) is 0 Å². The van der Waals surface area contributed by atoms with Crippen molar-refractivity contribution >= 4 is 0 Å². The van der Waals surface area contributed by atoms with Gasteiger partial charge >= 0.3 is 0 Å². The van der Waals surface area contributed by atoms with Gasteiger partial charge < -0.3 is 10.7 Å². The van der Waals surface area contributed by atoms with Gasteiger partial charge in [0.05, 0.1) is 5.56 Å². The zero-order valence-electron chi connectivity index (χ0n) is 7.05. The van der Waals surface area contributed by atoms with Crippen LogP contribution in [0.1, 0.15) is 23.2 Å². The minimum atomic E-state index is -2.86. The Kier molecular flexibility index (Phi) is 2.94. The van der Waals surface area contributed by atoms with Crippen molar-refractivity contribution in [3.8, 4) is 6.07 Å². The number of hydrogen-bond donors (Lipinski definition) is 2. The molecule has 0 aliphatic heterocycles. The maximum absolute atomic E-state index is 12.2. The van der Waals surface area contributed by atoms with E-state index in [0.29, 0.717) is 0 Å². The molecule has 0 aromatic carbocycles. The van der Waals surface area contributed by atoms with Gasteiger partial charge in [0.1, 0.15) is 11.8 Å². The van der Waals surface area contributed by atoms with E-state index in [1.54, 1.807) is 6.07 Å². The molecular formula is C8H7F2N3O. The molecule has 1 aromatic heterocycles. The van der Waals surface area contributed by atoms with E-state index in [2.05, 4.69) is 4.98 Å². The summed E-state index contributed by atoms with van der Waals surface area (Å²) in [4.78, 5) is 13.6. The molecule has 6 heteroatoms. The molecule has 0 fully saturated rings. The molecule has 0 aliphatic rings. The van der Waals surface area contributed by atoms with Crippen LogP contribution in [0.15, 0.2) is 11.0 Å². The average molecular weight is 199 g/mol. The van der Waals surface area contributed by atoms with E-state index in [-0.39, 0.29) is 17.8 Å². The highest BCUT2D eigenvalue weighted by molar-refractivity contribution is 5.34. The van der Waals surface area contributed by atoms with E-state index in [9.17, 15) is 13.6 Å². The standard InChI is InChI=1S/C8H7F2N3O/c9-8(10)5-3-13-6(2-12)4(1-11)7(5)14/h3,8H,1,11H2,(H,13,14). The molecule has 1 rings (SSSR count). The molecule has 0 saturated heterocycles. The third kappa shape index (κ3) is 1.63. The topological polar surface area (TPSA) is 82.7 Å². The molecule has 1 heterocycles. The number of aromatic nitrogens is 1. The SMILES string of the molecule is N#Cc1[nH]cc(C(F)F)c(=O)c1CN. The van der Waals surface area contributed by atoms with Crippen LogP contribution in [-0.4, -0.2) is 4.98 Å². The molecule has 0 amide bonds. The number of nitrogens with two attached hydrogens (primary N) is 1. The summed E-state index contributed by atoms with van der Waals surface area (Å²) >= 11 is 0. The summed E-state index contributed by atoms with van der Waals surface area (Å²) in [6, 6.07) is 1.67. The molecule has 0 atom stereocenters. The molecular weight excluding hydrogens is 192 g/mol. The molecule has 0 bridgehead atoms. The summed E-state index contributed by atoms with van der Waals surface area (Å²) in [6.07, 6.45) is -2.03. The number of alkyl halides is 2. The van der Waals surface area contributed by atoms with E-state index >= 15 is 0 Å². The van der Waals surface area contributed by atoms with Crippen molar-refractivity contribution < 1.29 is 8.78 Å². The molecule has 3 N–H and O–H groups in total. The van der Waals surface area contributed by atoms with Gasteiger partial charge in [-0.2, -0.15) is 5.26 Å². The lowest BCUT2D eigenvalue weighted by Crippen LogP contribution is -2.20. The lowest BCUT2D eigenvalue weighted by Gasteiger charge is -2.03. The molecule has 74 valence electrons. The Morgan fingerprint density at radius 3 is 2.71 bits per heavy atom. The Labute approximate surface area is 78.0 Å². The first kappa shape index (κ1) is 10.3. The number of nitriles is 1. The van der Waals surface area contributed by atoms with Gasteiger partial charge in [0.2, 0.25) is 0 Å². The molecule has 0 saturated carbocycles. The molecule has 0 unspecified atom stereocenters. The van der Waals surface area contributed by atoms with Crippen molar-refractivity contribution in [2.24, 2.45) is 5.73 Å². The number of rotatable bonds is 2. The van der Waals surface area contributed by atoms with Crippen LogP contribution in [0.3, 0.4) is 0 Å². The maximum atomic E-state index is 12.2. The molecule has 4 nitrogen and oxygen atoms in total. The second kappa shape index (κ2) is 3.98. The van der Waals surface area contributed by atoms with Gasteiger partial charge in [0.25, 0.3) is 6.43 Å². The Morgan fingerprint density at radius 1 is 1.64 bits per heavy atom. The predicted octanol–water partition coefficient (Wildman–Crippen LogP) is 0.643. The van der Waals surface area contributed by atoms with Crippen molar-refractivity contribution in [3.05, 3.63) is 33.2 Å². The van der Waals surface area contributed by atoms with Gasteiger partial charge in [-0.3, -0.25) is 4.79 Å². The van der Waals surface area contributed by atoms with Crippen LogP contribution in [-0.2, 0) is 6.54 Å². The first-order chi connectivity index (χ1) is 6.61. The van der Waals surface area contributed by atoms with Crippen molar-refractivity contribution in [1.82, 2.24) is 4.98 Å². The summed E-state index contributed by atoms with van der Waals surface area (Å²) < 4.78 is 24.5. The monoisotopic (exact) mass is 199 g/mol.